The molecule has 1 N–H and O–H groups in total. The van der Waals surface area contributed by atoms with Gasteiger partial charge in [-0.25, -0.2) is 4.79 Å². The molecule has 0 fully saturated rings. The van der Waals surface area contributed by atoms with Crippen LogP contribution in [0.5, 0.6) is 0 Å². The van der Waals surface area contributed by atoms with Gasteiger partial charge in [-0.2, -0.15) is 9.78 Å². The van der Waals surface area contributed by atoms with Gasteiger partial charge in [0.05, 0.1) is 17.6 Å². The molecule has 182 valence electrons. The van der Waals surface area contributed by atoms with Gasteiger partial charge in [0, 0.05) is 18.1 Å². The lowest BCUT2D eigenvalue weighted by Gasteiger charge is -2.17. The average Bonchev–Trinajstić information content (AvgIpc) is 2.89. The first-order valence-electron chi connectivity index (χ1n) is 11.2. The molecule has 1 aromatic heterocycles. The van der Waals surface area contributed by atoms with Crippen LogP contribution in [0.25, 0.3) is 16.5 Å². The maximum Gasteiger partial charge on any atom is 0.359 e. The van der Waals surface area contributed by atoms with Gasteiger partial charge in [-0.15, -0.1) is 0 Å². The SMILES string of the molecule is Cc1ccc(NC(=O)CN(C)C(=O)COC(=O)c2nn(-c3ccccc3)c(=O)c3ccccc23)cc1. The fraction of sp³-hybridized carbons (Fsp3) is 0.148. The Hall–Kier alpha value is -4.79. The minimum absolute atomic E-state index is 0.0957. The summed E-state index contributed by atoms with van der Waals surface area (Å²) in [6.45, 7) is 1.13. The van der Waals surface area contributed by atoms with Crippen LogP contribution in [-0.4, -0.2) is 52.7 Å². The van der Waals surface area contributed by atoms with Crippen molar-refractivity contribution in [3.05, 3.63) is 100 Å². The van der Waals surface area contributed by atoms with E-state index in [1.165, 1.54) is 7.05 Å². The van der Waals surface area contributed by atoms with E-state index in [0.29, 0.717) is 22.1 Å². The lowest BCUT2D eigenvalue weighted by Crippen LogP contribution is -2.37. The normalized spacial score (nSPS) is 10.6. The summed E-state index contributed by atoms with van der Waals surface area (Å²) in [7, 11) is 1.44. The number of amides is 2. The molecule has 0 spiro atoms. The molecule has 0 aliphatic rings. The zero-order valence-corrected chi connectivity index (χ0v) is 19.8. The summed E-state index contributed by atoms with van der Waals surface area (Å²) in [6, 6.07) is 22.5. The molecular formula is C27H24N4O5. The molecule has 0 aliphatic heterocycles. The number of aryl methyl sites for hydroxylation is 1. The number of aromatic nitrogens is 2. The third-order valence-corrected chi connectivity index (χ3v) is 5.47. The maximum absolute atomic E-state index is 13.0. The van der Waals surface area contributed by atoms with Crippen molar-refractivity contribution >= 4 is 34.2 Å². The number of para-hydroxylation sites is 1. The van der Waals surface area contributed by atoms with E-state index in [4.69, 9.17) is 4.74 Å². The van der Waals surface area contributed by atoms with Crippen molar-refractivity contribution in [1.29, 1.82) is 0 Å². The summed E-state index contributed by atoms with van der Waals surface area (Å²) >= 11 is 0. The van der Waals surface area contributed by atoms with Crippen molar-refractivity contribution in [2.75, 3.05) is 25.5 Å². The van der Waals surface area contributed by atoms with E-state index >= 15 is 0 Å². The van der Waals surface area contributed by atoms with Crippen molar-refractivity contribution in [3.63, 3.8) is 0 Å². The van der Waals surface area contributed by atoms with Crippen LogP contribution in [0.1, 0.15) is 16.1 Å². The van der Waals surface area contributed by atoms with Gasteiger partial charge in [0.15, 0.2) is 12.3 Å². The molecule has 0 unspecified atom stereocenters. The van der Waals surface area contributed by atoms with E-state index in [2.05, 4.69) is 10.4 Å². The van der Waals surface area contributed by atoms with E-state index in [1.54, 1.807) is 66.7 Å². The van der Waals surface area contributed by atoms with Gasteiger partial charge in [-0.3, -0.25) is 14.4 Å². The minimum Gasteiger partial charge on any atom is -0.451 e. The van der Waals surface area contributed by atoms with Gasteiger partial charge in [0.2, 0.25) is 5.91 Å². The molecule has 9 nitrogen and oxygen atoms in total. The molecule has 0 radical (unpaired) electrons. The largest absolute Gasteiger partial charge is 0.451 e. The summed E-state index contributed by atoms with van der Waals surface area (Å²) in [6.07, 6.45) is 0. The molecule has 9 heteroatoms. The number of rotatable bonds is 7. The van der Waals surface area contributed by atoms with Crippen LogP contribution in [0.3, 0.4) is 0 Å². The Morgan fingerprint density at radius 2 is 1.56 bits per heavy atom. The maximum atomic E-state index is 13.0. The molecule has 2 amide bonds. The van der Waals surface area contributed by atoms with E-state index in [1.807, 2.05) is 19.1 Å². The third-order valence-electron chi connectivity index (χ3n) is 5.47. The number of benzene rings is 3. The van der Waals surface area contributed by atoms with Crippen LogP contribution in [0, 0.1) is 6.92 Å². The highest BCUT2D eigenvalue weighted by Crippen LogP contribution is 2.16. The second kappa shape index (κ2) is 10.6. The van der Waals surface area contributed by atoms with Crippen molar-refractivity contribution in [2.45, 2.75) is 6.92 Å². The van der Waals surface area contributed by atoms with Crippen LogP contribution in [0.2, 0.25) is 0 Å². The first-order valence-corrected chi connectivity index (χ1v) is 11.2. The highest BCUT2D eigenvalue weighted by atomic mass is 16.5. The van der Waals surface area contributed by atoms with Gasteiger partial charge in [0.25, 0.3) is 11.5 Å². The zero-order chi connectivity index (χ0) is 25.7. The number of hydrogen-bond donors (Lipinski definition) is 1. The van der Waals surface area contributed by atoms with Crippen molar-refractivity contribution in [2.24, 2.45) is 0 Å². The van der Waals surface area contributed by atoms with Crippen LogP contribution in [-0.2, 0) is 14.3 Å². The van der Waals surface area contributed by atoms with E-state index in [9.17, 15) is 19.2 Å². The number of anilines is 1. The van der Waals surface area contributed by atoms with Crippen LogP contribution >= 0.6 is 0 Å². The van der Waals surface area contributed by atoms with E-state index < -0.39 is 18.5 Å². The summed E-state index contributed by atoms with van der Waals surface area (Å²) in [5.74, 6) is -1.81. The molecule has 0 saturated carbocycles. The van der Waals surface area contributed by atoms with Gasteiger partial charge in [0.1, 0.15) is 0 Å². The van der Waals surface area contributed by atoms with Crippen LogP contribution < -0.4 is 10.9 Å². The molecular weight excluding hydrogens is 460 g/mol. The smallest absolute Gasteiger partial charge is 0.359 e. The standard InChI is InChI=1S/C27H24N4O5/c1-18-12-14-19(15-13-18)28-23(32)16-30(2)24(33)17-36-27(35)25-21-10-6-7-11-22(21)26(34)31(29-25)20-8-4-3-5-9-20/h3-15H,16-17H2,1-2H3,(H,28,32). The lowest BCUT2D eigenvalue weighted by atomic mass is 10.1. The number of fused-ring (bicyclic) bond motifs is 1. The molecule has 0 atom stereocenters. The monoisotopic (exact) mass is 484 g/mol. The Balaban J connectivity index is 1.46. The first kappa shape index (κ1) is 24.3. The fourth-order valence-electron chi connectivity index (χ4n) is 3.53. The topological polar surface area (TPSA) is 111 Å². The second-order valence-corrected chi connectivity index (χ2v) is 8.19. The summed E-state index contributed by atoms with van der Waals surface area (Å²) in [5.41, 5.74) is 1.68. The Labute approximate surface area is 206 Å². The van der Waals surface area contributed by atoms with Gasteiger partial charge in [-0.05, 0) is 37.3 Å². The van der Waals surface area contributed by atoms with Crippen LogP contribution in [0.15, 0.2) is 83.7 Å². The predicted molar refractivity (Wildman–Crippen MR) is 135 cm³/mol. The molecule has 0 aliphatic carbocycles. The van der Waals surface area contributed by atoms with Crippen molar-refractivity contribution in [3.8, 4) is 5.69 Å². The number of ether oxygens (including phenoxy) is 1. The number of carbonyl (C=O) groups is 3. The number of hydrogen-bond acceptors (Lipinski definition) is 6. The van der Waals surface area contributed by atoms with E-state index in [0.717, 1.165) is 15.1 Å². The van der Waals surface area contributed by atoms with E-state index in [-0.39, 0.29) is 23.7 Å². The lowest BCUT2D eigenvalue weighted by molar-refractivity contribution is -0.136. The summed E-state index contributed by atoms with van der Waals surface area (Å²) < 4.78 is 6.35. The minimum atomic E-state index is -0.860. The quantitative estimate of drug-likeness (QED) is 0.404. The molecule has 3 aromatic carbocycles. The molecule has 4 aromatic rings. The summed E-state index contributed by atoms with van der Waals surface area (Å²) in [5, 5.41) is 7.55. The van der Waals surface area contributed by atoms with Crippen molar-refractivity contribution in [1.82, 2.24) is 14.7 Å². The molecule has 0 bridgehead atoms. The Morgan fingerprint density at radius 1 is 0.917 bits per heavy atom. The van der Waals surface area contributed by atoms with Crippen LogP contribution in [0.4, 0.5) is 5.69 Å². The number of esters is 1. The number of likely N-dealkylation sites (N-methyl/N-ethyl adjacent to an activating group) is 1. The predicted octanol–water partition coefficient (Wildman–Crippen LogP) is 2.95. The second-order valence-electron chi connectivity index (χ2n) is 8.19. The molecule has 4 rings (SSSR count). The first-order chi connectivity index (χ1) is 17.3. The van der Waals surface area contributed by atoms with Crippen molar-refractivity contribution < 1.29 is 19.1 Å². The number of carbonyl (C=O) groups excluding carboxylic acids is 3. The van der Waals surface area contributed by atoms with Gasteiger partial charge < -0.3 is 15.0 Å². The fourth-order valence-corrected chi connectivity index (χ4v) is 3.53. The summed E-state index contributed by atoms with van der Waals surface area (Å²) in [4.78, 5) is 51.8. The molecule has 1 heterocycles. The third kappa shape index (κ3) is 5.47. The zero-order valence-electron chi connectivity index (χ0n) is 19.8. The average molecular weight is 485 g/mol. The highest BCUT2D eigenvalue weighted by molar-refractivity contribution is 6.03. The van der Waals surface area contributed by atoms with Gasteiger partial charge >= 0.3 is 5.97 Å². The Bertz CT molecular complexity index is 1480. The van der Waals surface area contributed by atoms with Gasteiger partial charge in [-0.1, -0.05) is 54.1 Å². The Kier molecular flexibility index (Phi) is 7.20. The highest BCUT2D eigenvalue weighted by Gasteiger charge is 2.21. The molecule has 0 saturated heterocycles. The number of nitrogens with one attached hydrogen (secondary N) is 1. The Morgan fingerprint density at radius 3 is 2.25 bits per heavy atom. The number of nitrogens with zero attached hydrogens (tertiary/aromatic N) is 3. The molecule has 36 heavy (non-hydrogen) atoms.